The van der Waals surface area contributed by atoms with Gasteiger partial charge >= 0.3 is 0 Å². The zero-order valence-electron chi connectivity index (χ0n) is 8.79. The van der Waals surface area contributed by atoms with Crippen LogP contribution in [0.4, 0.5) is 4.39 Å². The minimum Gasteiger partial charge on any atom is -0.496 e. The van der Waals surface area contributed by atoms with Gasteiger partial charge in [0.15, 0.2) is 0 Å². The molecule has 1 aromatic rings. The molecule has 1 aliphatic rings. The van der Waals surface area contributed by atoms with Crippen molar-refractivity contribution in [2.24, 2.45) is 0 Å². The zero-order valence-corrected chi connectivity index (χ0v) is 8.79. The van der Waals surface area contributed by atoms with Gasteiger partial charge in [0.25, 0.3) is 0 Å². The lowest BCUT2D eigenvalue weighted by atomic mass is 10.0. The van der Waals surface area contributed by atoms with Crippen LogP contribution in [0.15, 0.2) is 18.2 Å². The number of hydrogen-bond donors (Lipinski definition) is 1. The second kappa shape index (κ2) is 3.81. The molecule has 1 saturated carbocycles. The zero-order chi connectivity index (χ0) is 10.9. The largest absolute Gasteiger partial charge is 0.496 e. The quantitative estimate of drug-likeness (QED) is 0.825. The summed E-state index contributed by atoms with van der Waals surface area (Å²) in [5.41, 5.74) is 1.00. The number of benzene rings is 1. The fraction of sp³-hybridized carbons (Fsp3) is 0.500. The van der Waals surface area contributed by atoms with Crippen LogP contribution >= 0.6 is 0 Å². The summed E-state index contributed by atoms with van der Waals surface area (Å²) >= 11 is 0. The van der Waals surface area contributed by atoms with Crippen molar-refractivity contribution in [3.05, 3.63) is 29.3 Å². The summed E-state index contributed by atoms with van der Waals surface area (Å²) in [4.78, 5) is 0. The van der Waals surface area contributed by atoms with Gasteiger partial charge in [0, 0.05) is 12.0 Å². The lowest BCUT2D eigenvalue weighted by molar-refractivity contribution is 0.151. The van der Waals surface area contributed by atoms with Crippen LogP contribution in [0.1, 0.15) is 24.0 Å². The number of alkyl halides is 1. The Kier molecular flexibility index (Phi) is 2.65. The van der Waals surface area contributed by atoms with Crippen molar-refractivity contribution in [1.82, 2.24) is 0 Å². The van der Waals surface area contributed by atoms with E-state index in [-0.39, 0.29) is 0 Å². The van der Waals surface area contributed by atoms with Crippen molar-refractivity contribution >= 4 is 0 Å². The van der Waals surface area contributed by atoms with Crippen molar-refractivity contribution in [3.63, 3.8) is 0 Å². The Labute approximate surface area is 88.7 Å². The molecule has 0 radical (unpaired) electrons. The van der Waals surface area contributed by atoms with Gasteiger partial charge in [0.05, 0.1) is 12.7 Å². The van der Waals surface area contributed by atoms with Gasteiger partial charge in [-0.25, -0.2) is 4.39 Å². The summed E-state index contributed by atoms with van der Waals surface area (Å²) in [5, 5.41) is 9.75. The van der Waals surface area contributed by atoms with Crippen molar-refractivity contribution in [2.75, 3.05) is 7.11 Å². The van der Waals surface area contributed by atoms with E-state index in [0.29, 0.717) is 17.7 Å². The van der Waals surface area contributed by atoms with E-state index in [4.69, 9.17) is 4.74 Å². The van der Waals surface area contributed by atoms with E-state index in [1.807, 2.05) is 6.07 Å². The Balaban J connectivity index is 2.18. The van der Waals surface area contributed by atoms with Crippen molar-refractivity contribution in [1.29, 1.82) is 0 Å². The summed E-state index contributed by atoms with van der Waals surface area (Å²) in [7, 11) is 1.53. The standard InChI is InChI=1S/C12H15FO2/c1-15-11-3-2-9(6-10(11)8-13)7-12(14)4-5-12/h2-3,6,14H,4-5,7-8H2,1H3. The molecule has 1 aromatic carbocycles. The van der Waals surface area contributed by atoms with Gasteiger partial charge in [-0.3, -0.25) is 0 Å². The highest BCUT2D eigenvalue weighted by Gasteiger charge is 2.40. The van der Waals surface area contributed by atoms with E-state index in [0.717, 1.165) is 18.4 Å². The summed E-state index contributed by atoms with van der Waals surface area (Å²) in [5.74, 6) is 0.573. The highest BCUT2D eigenvalue weighted by Crippen LogP contribution is 2.38. The normalized spacial score (nSPS) is 17.5. The molecule has 1 fully saturated rings. The maximum Gasteiger partial charge on any atom is 0.124 e. The van der Waals surface area contributed by atoms with Crippen LogP contribution in [0, 0.1) is 0 Å². The minimum atomic E-state index is -0.532. The molecule has 0 spiro atoms. The van der Waals surface area contributed by atoms with Crippen LogP contribution in [0.2, 0.25) is 0 Å². The lowest BCUT2D eigenvalue weighted by Crippen LogP contribution is -2.10. The molecule has 0 atom stereocenters. The van der Waals surface area contributed by atoms with Crippen LogP contribution < -0.4 is 4.74 Å². The first-order valence-electron chi connectivity index (χ1n) is 5.11. The Morgan fingerprint density at radius 3 is 2.73 bits per heavy atom. The molecule has 0 aromatic heterocycles. The number of methoxy groups -OCH3 is 1. The Morgan fingerprint density at radius 1 is 1.47 bits per heavy atom. The van der Waals surface area contributed by atoms with E-state index in [2.05, 4.69) is 0 Å². The average molecular weight is 210 g/mol. The van der Waals surface area contributed by atoms with E-state index in [9.17, 15) is 9.50 Å². The van der Waals surface area contributed by atoms with Crippen molar-refractivity contribution in [3.8, 4) is 5.75 Å². The molecule has 0 bridgehead atoms. The predicted molar refractivity (Wildman–Crippen MR) is 55.7 cm³/mol. The average Bonchev–Trinajstić information content (AvgIpc) is 2.96. The molecule has 0 heterocycles. The topological polar surface area (TPSA) is 29.5 Å². The SMILES string of the molecule is COc1ccc(CC2(O)CC2)cc1CF. The third-order valence-electron chi connectivity index (χ3n) is 2.85. The molecular formula is C12H15FO2. The molecule has 1 N–H and O–H groups in total. The third-order valence-corrected chi connectivity index (χ3v) is 2.85. The van der Waals surface area contributed by atoms with E-state index in [1.54, 1.807) is 12.1 Å². The highest BCUT2D eigenvalue weighted by atomic mass is 19.1. The second-order valence-electron chi connectivity index (χ2n) is 4.18. The summed E-state index contributed by atoms with van der Waals surface area (Å²) < 4.78 is 17.7. The molecule has 2 rings (SSSR count). The first-order valence-corrected chi connectivity index (χ1v) is 5.11. The molecule has 1 aliphatic carbocycles. The Morgan fingerprint density at radius 2 is 2.20 bits per heavy atom. The molecule has 0 unspecified atom stereocenters. The van der Waals surface area contributed by atoms with Crippen LogP contribution in [0.3, 0.4) is 0 Å². The van der Waals surface area contributed by atoms with Crippen molar-refractivity contribution in [2.45, 2.75) is 31.5 Å². The fourth-order valence-corrected chi connectivity index (χ4v) is 1.75. The van der Waals surface area contributed by atoms with Crippen LogP contribution in [-0.4, -0.2) is 17.8 Å². The monoisotopic (exact) mass is 210 g/mol. The van der Waals surface area contributed by atoms with Crippen LogP contribution in [0.25, 0.3) is 0 Å². The predicted octanol–water partition coefficient (Wildman–Crippen LogP) is 2.23. The summed E-state index contributed by atoms with van der Waals surface area (Å²) in [6, 6.07) is 5.42. The smallest absolute Gasteiger partial charge is 0.124 e. The molecule has 2 nitrogen and oxygen atoms in total. The van der Waals surface area contributed by atoms with Crippen LogP contribution in [-0.2, 0) is 13.1 Å². The molecule has 0 saturated heterocycles. The number of hydrogen-bond acceptors (Lipinski definition) is 2. The number of halogens is 1. The van der Waals surface area contributed by atoms with Gasteiger partial charge in [0.2, 0.25) is 0 Å². The molecule has 0 aliphatic heterocycles. The first kappa shape index (κ1) is 10.4. The first-order chi connectivity index (χ1) is 7.17. The summed E-state index contributed by atoms with van der Waals surface area (Å²) in [6.45, 7) is -0.532. The Hall–Kier alpha value is -1.09. The maximum absolute atomic E-state index is 12.7. The lowest BCUT2D eigenvalue weighted by Gasteiger charge is -2.10. The molecule has 0 amide bonds. The van der Waals surface area contributed by atoms with Gasteiger partial charge in [0.1, 0.15) is 12.4 Å². The molecule has 3 heteroatoms. The van der Waals surface area contributed by atoms with Gasteiger partial charge in [-0.15, -0.1) is 0 Å². The maximum atomic E-state index is 12.7. The van der Waals surface area contributed by atoms with E-state index < -0.39 is 12.3 Å². The van der Waals surface area contributed by atoms with Gasteiger partial charge < -0.3 is 9.84 Å². The number of aliphatic hydroxyl groups is 1. The third kappa shape index (κ3) is 2.29. The number of rotatable bonds is 4. The summed E-state index contributed by atoms with van der Waals surface area (Å²) in [6.07, 6.45) is 2.32. The second-order valence-corrected chi connectivity index (χ2v) is 4.18. The molecule has 15 heavy (non-hydrogen) atoms. The Bertz CT molecular complexity index is 359. The van der Waals surface area contributed by atoms with Gasteiger partial charge in [-0.2, -0.15) is 0 Å². The van der Waals surface area contributed by atoms with Crippen LogP contribution in [0.5, 0.6) is 5.75 Å². The van der Waals surface area contributed by atoms with E-state index in [1.165, 1.54) is 7.11 Å². The highest BCUT2D eigenvalue weighted by molar-refractivity contribution is 5.37. The van der Waals surface area contributed by atoms with Gasteiger partial charge in [-0.05, 0) is 30.5 Å². The molecular weight excluding hydrogens is 195 g/mol. The van der Waals surface area contributed by atoms with Crippen molar-refractivity contribution < 1.29 is 14.2 Å². The van der Waals surface area contributed by atoms with E-state index >= 15 is 0 Å². The van der Waals surface area contributed by atoms with Gasteiger partial charge in [-0.1, -0.05) is 6.07 Å². The fourth-order valence-electron chi connectivity index (χ4n) is 1.75. The number of ether oxygens (including phenoxy) is 1. The molecule has 82 valence electrons. The minimum absolute atomic E-state index is 0.526.